The molecule has 0 spiro atoms. The van der Waals surface area contributed by atoms with Crippen LogP contribution in [0.2, 0.25) is 0 Å². The molecule has 0 aromatic carbocycles. The number of nitrogens with zero attached hydrogens (tertiary/aromatic N) is 1. The lowest BCUT2D eigenvalue weighted by Gasteiger charge is -2.24. The first-order valence-corrected chi connectivity index (χ1v) is 6.29. The Morgan fingerprint density at radius 1 is 1.39 bits per heavy atom. The van der Waals surface area contributed by atoms with Crippen molar-refractivity contribution in [1.29, 1.82) is 0 Å². The van der Waals surface area contributed by atoms with Crippen molar-refractivity contribution in [2.24, 2.45) is 5.41 Å². The smallest absolute Gasteiger partial charge is 0.326 e. The van der Waals surface area contributed by atoms with Crippen LogP contribution in [0.3, 0.4) is 0 Å². The predicted octanol–water partition coefficient (Wildman–Crippen LogP) is 1.51. The maximum Gasteiger partial charge on any atom is 0.326 e. The zero-order chi connectivity index (χ0) is 13.9. The normalized spacial score (nSPS) is 24.3. The average Bonchev–Trinajstić information content (AvgIpc) is 2.69. The summed E-state index contributed by atoms with van der Waals surface area (Å²) >= 11 is 0. The summed E-state index contributed by atoms with van der Waals surface area (Å²) in [4.78, 5) is 24.7. The van der Waals surface area contributed by atoms with Gasteiger partial charge in [-0.15, -0.1) is 0 Å². The first-order chi connectivity index (χ1) is 8.24. The van der Waals surface area contributed by atoms with Gasteiger partial charge in [-0.05, 0) is 11.8 Å². The van der Waals surface area contributed by atoms with E-state index < -0.39 is 12.0 Å². The zero-order valence-electron chi connectivity index (χ0n) is 11.6. The van der Waals surface area contributed by atoms with Gasteiger partial charge >= 0.3 is 5.97 Å². The highest BCUT2D eigenvalue weighted by Crippen LogP contribution is 2.25. The summed E-state index contributed by atoms with van der Waals surface area (Å²) in [5.74, 6) is -1.03. The van der Waals surface area contributed by atoms with E-state index in [0.717, 1.165) is 6.42 Å². The fraction of sp³-hybridized carbons (Fsp3) is 0.846. The molecule has 5 nitrogen and oxygen atoms in total. The van der Waals surface area contributed by atoms with E-state index in [-0.39, 0.29) is 17.4 Å². The third-order valence-electron chi connectivity index (χ3n) is 3.29. The highest BCUT2D eigenvalue weighted by Gasteiger charge is 2.39. The number of hydrogen-bond acceptors (Lipinski definition) is 3. The fourth-order valence-corrected chi connectivity index (χ4v) is 2.10. The van der Waals surface area contributed by atoms with Gasteiger partial charge in [0, 0.05) is 26.5 Å². The summed E-state index contributed by atoms with van der Waals surface area (Å²) in [6, 6.07) is -0.734. The molecule has 2 unspecified atom stereocenters. The lowest BCUT2D eigenvalue weighted by atomic mass is 9.90. The van der Waals surface area contributed by atoms with Gasteiger partial charge in [-0.3, -0.25) is 4.79 Å². The van der Waals surface area contributed by atoms with E-state index in [1.807, 2.05) is 0 Å². The van der Waals surface area contributed by atoms with Gasteiger partial charge in [0.15, 0.2) is 0 Å². The van der Waals surface area contributed by atoms with Crippen molar-refractivity contribution in [1.82, 2.24) is 4.90 Å². The fourth-order valence-electron chi connectivity index (χ4n) is 2.10. The number of hydrogen-bond donors (Lipinski definition) is 1. The molecule has 1 aliphatic heterocycles. The van der Waals surface area contributed by atoms with E-state index >= 15 is 0 Å². The molecule has 0 aromatic rings. The second-order valence-corrected chi connectivity index (χ2v) is 6.05. The Balaban J connectivity index is 2.62. The highest BCUT2D eigenvalue weighted by atomic mass is 16.5. The maximum atomic E-state index is 12.1. The zero-order valence-corrected chi connectivity index (χ0v) is 11.6. The van der Waals surface area contributed by atoms with Crippen LogP contribution < -0.4 is 0 Å². The third-order valence-corrected chi connectivity index (χ3v) is 3.29. The molecule has 1 saturated heterocycles. The average molecular weight is 257 g/mol. The summed E-state index contributed by atoms with van der Waals surface area (Å²) in [6.45, 7) is 6.58. The molecule has 0 saturated carbocycles. The van der Waals surface area contributed by atoms with Crippen LogP contribution >= 0.6 is 0 Å². The Kier molecular flexibility index (Phi) is 4.73. The lowest BCUT2D eigenvalue weighted by molar-refractivity contribution is -0.148. The minimum atomic E-state index is -0.946. The molecule has 0 aliphatic carbocycles. The number of carbonyl (C=O) groups is 2. The van der Waals surface area contributed by atoms with E-state index in [1.165, 1.54) is 4.90 Å². The van der Waals surface area contributed by atoms with Gasteiger partial charge in [0.05, 0.1) is 6.10 Å². The van der Waals surface area contributed by atoms with E-state index in [0.29, 0.717) is 19.4 Å². The van der Waals surface area contributed by atoms with Crippen LogP contribution in [-0.4, -0.2) is 47.7 Å². The number of rotatable bonds is 4. The van der Waals surface area contributed by atoms with Gasteiger partial charge in [-0.1, -0.05) is 20.8 Å². The third kappa shape index (κ3) is 3.98. The van der Waals surface area contributed by atoms with Gasteiger partial charge in [-0.2, -0.15) is 0 Å². The van der Waals surface area contributed by atoms with E-state index in [9.17, 15) is 9.59 Å². The number of carbonyl (C=O) groups excluding carboxylic acids is 1. The van der Waals surface area contributed by atoms with Crippen molar-refractivity contribution in [2.45, 2.75) is 52.2 Å². The largest absolute Gasteiger partial charge is 0.480 e. The monoisotopic (exact) mass is 257 g/mol. The molecule has 0 aromatic heterocycles. The molecular weight excluding hydrogens is 234 g/mol. The van der Waals surface area contributed by atoms with Gasteiger partial charge in [-0.25, -0.2) is 4.79 Å². The summed E-state index contributed by atoms with van der Waals surface area (Å²) in [5.41, 5.74) is 0.0781. The van der Waals surface area contributed by atoms with Crippen molar-refractivity contribution >= 4 is 11.9 Å². The number of amides is 1. The number of likely N-dealkylation sites (tertiary alicyclic amines) is 1. The standard InChI is InChI=1S/C13H23NO4/c1-13(2,3)6-5-11(15)14-8-9(18-4)7-10(14)12(16)17/h9-10H,5-8H2,1-4H3,(H,16,17). The summed E-state index contributed by atoms with van der Waals surface area (Å²) in [5, 5.41) is 9.12. The molecule has 1 fully saturated rings. The maximum absolute atomic E-state index is 12.1. The Morgan fingerprint density at radius 3 is 2.44 bits per heavy atom. The van der Waals surface area contributed by atoms with Crippen molar-refractivity contribution in [3.8, 4) is 0 Å². The van der Waals surface area contributed by atoms with Gasteiger partial charge in [0.25, 0.3) is 0 Å². The van der Waals surface area contributed by atoms with E-state index in [2.05, 4.69) is 20.8 Å². The second kappa shape index (κ2) is 5.69. The van der Waals surface area contributed by atoms with Crippen LogP contribution in [0.15, 0.2) is 0 Å². The molecule has 104 valence electrons. The molecule has 1 N–H and O–H groups in total. The topological polar surface area (TPSA) is 66.8 Å². The molecule has 0 bridgehead atoms. The van der Waals surface area contributed by atoms with Crippen LogP contribution in [0.1, 0.15) is 40.0 Å². The van der Waals surface area contributed by atoms with E-state index in [4.69, 9.17) is 9.84 Å². The number of ether oxygens (including phenoxy) is 1. The molecular formula is C13H23NO4. The first kappa shape index (κ1) is 15.0. The van der Waals surface area contributed by atoms with Crippen molar-refractivity contribution in [3.63, 3.8) is 0 Å². The van der Waals surface area contributed by atoms with Crippen LogP contribution in [0.4, 0.5) is 0 Å². The van der Waals surface area contributed by atoms with Crippen molar-refractivity contribution in [3.05, 3.63) is 0 Å². The first-order valence-electron chi connectivity index (χ1n) is 6.29. The van der Waals surface area contributed by atoms with Crippen LogP contribution in [0, 0.1) is 5.41 Å². The van der Waals surface area contributed by atoms with E-state index in [1.54, 1.807) is 7.11 Å². The summed E-state index contributed by atoms with van der Waals surface area (Å²) in [7, 11) is 1.55. The van der Waals surface area contributed by atoms with Crippen LogP contribution in [-0.2, 0) is 14.3 Å². The minimum absolute atomic E-state index is 0.0781. The number of aliphatic carboxylic acids is 1. The van der Waals surface area contributed by atoms with Crippen molar-refractivity contribution in [2.75, 3.05) is 13.7 Å². The number of carboxylic acid groups (broad SMARTS) is 1. The molecule has 2 atom stereocenters. The van der Waals surface area contributed by atoms with Gasteiger partial charge in [0.1, 0.15) is 6.04 Å². The molecule has 1 amide bonds. The molecule has 1 heterocycles. The highest BCUT2D eigenvalue weighted by molar-refractivity contribution is 5.84. The Labute approximate surface area is 108 Å². The van der Waals surface area contributed by atoms with Crippen molar-refractivity contribution < 1.29 is 19.4 Å². The SMILES string of the molecule is COC1CC(C(=O)O)N(C(=O)CCC(C)(C)C)C1. The van der Waals surface area contributed by atoms with Crippen LogP contribution in [0.5, 0.6) is 0 Å². The number of carboxylic acids is 1. The van der Waals surface area contributed by atoms with Gasteiger partial charge < -0.3 is 14.7 Å². The summed E-state index contributed by atoms with van der Waals surface area (Å²) in [6.07, 6.45) is 1.37. The molecule has 1 rings (SSSR count). The quantitative estimate of drug-likeness (QED) is 0.829. The van der Waals surface area contributed by atoms with Crippen LogP contribution in [0.25, 0.3) is 0 Å². The predicted molar refractivity (Wildman–Crippen MR) is 67.2 cm³/mol. The Morgan fingerprint density at radius 2 is 2.00 bits per heavy atom. The second-order valence-electron chi connectivity index (χ2n) is 6.05. The molecule has 18 heavy (non-hydrogen) atoms. The number of methoxy groups -OCH3 is 1. The van der Waals surface area contributed by atoms with Gasteiger partial charge in [0.2, 0.25) is 5.91 Å². The summed E-state index contributed by atoms with van der Waals surface area (Å²) < 4.78 is 5.16. The molecule has 1 aliphatic rings. The molecule has 0 radical (unpaired) electrons. The minimum Gasteiger partial charge on any atom is -0.480 e. The Bertz CT molecular complexity index is 321. The Hall–Kier alpha value is -1.10. The molecule has 5 heteroatoms. The lowest BCUT2D eigenvalue weighted by Crippen LogP contribution is -2.40.